The van der Waals surface area contributed by atoms with Gasteiger partial charge in [-0.25, -0.2) is 0 Å². The summed E-state index contributed by atoms with van der Waals surface area (Å²) in [4.78, 5) is 11.9. The minimum Gasteiger partial charge on any atom is -0.441 e. The van der Waals surface area contributed by atoms with Gasteiger partial charge in [-0.2, -0.15) is 0 Å². The third-order valence-electron chi connectivity index (χ3n) is 3.26. The topological polar surface area (TPSA) is 38.3 Å². The maximum absolute atomic E-state index is 11.9. The SMILES string of the molecule is O=C1OC(c2ccccc2)NC1Cc1ccccc1. The first-order valence-corrected chi connectivity index (χ1v) is 6.38. The molecule has 19 heavy (non-hydrogen) atoms. The van der Waals surface area contributed by atoms with Crippen LogP contribution < -0.4 is 5.32 Å². The summed E-state index contributed by atoms with van der Waals surface area (Å²) in [5.41, 5.74) is 2.11. The molecule has 1 saturated heterocycles. The van der Waals surface area contributed by atoms with Crippen LogP contribution >= 0.6 is 0 Å². The van der Waals surface area contributed by atoms with Crippen molar-refractivity contribution in [1.82, 2.24) is 5.32 Å². The van der Waals surface area contributed by atoms with Gasteiger partial charge in [0.25, 0.3) is 0 Å². The zero-order chi connectivity index (χ0) is 13.1. The van der Waals surface area contributed by atoms with Crippen molar-refractivity contribution >= 4 is 5.97 Å². The highest BCUT2D eigenvalue weighted by Crippen LogP contribution is 2.22. The Balaban J connectivity index is 1.71. The number of rotatable bonds is 3. The Bertz CT molecular complexity index is 553. The number of hydrogen-bond acceptors (Lipinski definition) is 3. The monoisotopic (exact) mass is 253 g/mol. The van der Waals surface area contributed by atoms with Crippen molar-refractivity contribution in [2.45, 2.75) is 18.7 Å². The predicted molar refractivity (Wildman–Crippen MR) is 72.3 cm³/mol. The molecule has 1 aliphatic heterocycles. The van der Waals surface area contributed by atoms with Crippen molar-refractivity contribution in [3.63, 3.8) is 0 Å². The average Bonchev–Trinajstić information content (AvgIpc) is 2.82. The number of esters is 1. The van der Waals surface area contributed by atoms with Crippen LogP contribution in [0.25, 0.3) is 0 Å². The number of nitrogens with one attached hydrogen (secondary N) is 1. The van der Waals surface area contributed by atoms with Crippen molar-refractivity contribution in [1.29, 1.82) is 0 Å². The van der Waals surface area contributed by atoms with E-state index in [1.165, 1.54) is 0 Å². The van der Waals surface area contributed by atoms with Crippen LogP contribution in [0.4, 0.5) is 0 Å². The highest BCUT2D eigenvalue weighted by Gasteiger charge is 2.34. The molecule has 1 heterocycles. The smallest absolute Gasteiger partial charge is 0.325 e. The second-order valence-corrected chi connectivity index (χ2v) is 4.64. The Morgan fingerprint density at radius 2 is 1.58 bits per heavy atom. The maximum Gasteiger partial charge on any atom is 0.325 e. The fourth-order valence-corrected chi connectivity index (χ4v) is 2.27. The van der Waals surface area contributed by atoms with Gasteiger partial charge in [-0.15, -0.1) is 0 Å². The predicted octanol–water partition coefficient (Wildman–Crippen LogP) is 2.44. The van der Waals surface area contributed by atoms with E-state index in [9.17, 15) is 4.79 Å². The first-order valence-electron chi connectivity index (χ1n) is 6.38. The minimum atomic E-state index is -0.331. The summed E-state index contributed by atoms with van der Waals surface area (Å²) in [6.07, 6.45) is 0.325. The van der Waals surface area contributed by atoms with Crippen LogP contribution in [0.2, 0.25) is 0 Å². The average molecular weight is 253 g/mol. The summed E-state index contributed by atoms with van der Waals surface area (Å²) < 4.78 is 5.38. The molecule has 0 saturated carbocycles. The molecule has 3 nitrogen and oxygen atoms in total. The number of carbonyl (C=O) groups is 1. The molecular weight excluding hydrogens is 238 g/mol. The molecule has 0 spiro atoms. The van der Waals surface area contributed by atoms with Crippen molar-refractivity contribution in [2.75, 3.05) is 0 Å². The van der Waals surface area contributed by atoms with Gasteiger partial charge in [0, 0.05) is 5.56 Å². The van der Waals surface area contributed by atoms with Crippen LogP contribution in [0.15, 0.2) is 60.7 Å². The molecule has 96 valence electrons. The normalized spacial score (nSPS) is 22.2. The number of benzene rings is 2. The maximum atomic E-state index is 11.9. The van der Waals surface area contributed by atoms with E-state index in [0.717, 1.165) is 11.1 Å². The quantitative estimate of drug-likeness (QED) is 0.854. The lowest BCUT2D eigenvalue weighted by atomic mass is 10.1. The molecule has 2 unspecified atom stereocenters. The Hall–Kier alpha value is -2.13. The molecule has 0 aromatic heterocycles. The molecule has 2 aromatic carbocycles. The summed E-state index contributed by atoms with van der Waals surface area (Å²) in [6, 6.07) is 19.4. The molecule has 1 aliphatic rings. The fraction of sp³-hybridized carbons (Fsp3) is 0.188. The van der Waals surface area contributed by atoms with E-state index in [1.54, 1.807) is 0 Å². The molecule has 0 aliphatic carbocycles. The highest BCUT2D eigenvalue weighted by molar-refractivity contribution is 5.78. The van der Waals surface area contributed by atoms with Crippen LogP contribution in [0.5, 0.6) is 0 Å². The second kappa shape index (κ2) is 5.24. The van der Waals surface area contributed by atoms with Gasteiger partial charge in [0.15, 0.2) is 6.23 Å². The van der Waals surface area contributed by atoms with E-state index in [0.29, 0.717) is 6.42 Å². The fourth-order valence-electron chi connectivity index (χ4n) is 2.27. The molecular formula is C16H15NO2. The van der Waals surface area contributed by atoms with Gasteiger partial charge in [-0.3, -0.25) is 10.1 Å². The van der Waals surface area contributed by atoms with Crippen LogP contribution in [-0.2, 0) is 16.0 Å². The van der Waals surface area contributed by atoms with E-state index in [1.807, 2.05) is 60.7 Å². The Kier molecular flexibility index (Phi) is 3.29. The molecule has 1 fully saturated rings. The zero-order valence-corrected chi connectivity index (χ0v) is 10.5. The van der Waals surface area contributed by atoms with Gasteiger partial charge in [-0.05, 0) is 12.0 Å². The van der Waals surface area contributed by atoms with Crippen molar-refractivity contribution in [3.8, 4) is 0 Å². The van der Waals surface area contributed by atoms with Crippen LogP contribution in [0.1, 0.15) is 17.4 Å². The molecule has 0 amide bonds. The van der Waals surface area contributed by atoms with Crippen molar-refractivity contribution in [2.24, 2.45) is 0 Å². The van der Waals surface area contributed by atoms with Gasteiger partial charge in [0.1, 0.15) is 6.04 Å². The number of carbonyl (C=O) groups excluding carboxylic acids is 1. The van der Waals surface area contributed by atoms with E-state index < -0.39 is 0 Å². The van der Waals surface area contributed by atoms with Gasteiger partial charge in [0.05, 0.1) is 0 Å². The summed E-state index contributed by atoms with van der Waals surface area (Å²) in [5, 5.41) is 3.23. The second-order valence-electron chi connectivity index (χ2n) is 4.64. The van der Waals surface area contributed by atoms with E-state index in [-0.39, 0.29) is 18.2 Å². The first-order chi connectivity index (χ1) is 9.33. The van der Waals surface area contributed by atoms with Crippen LogP contribution in [-0.4, -0.2) is 12.0 Å². The summed E-state index contributed by atoms with van der Waals surface area (Å²) in [6.45, 7) is 0. The number of ether oxygens (including phenoxy) is 1. The van der Waals surface area contributed by atoms with Crippen LogP contribution in [0.3, 0.4) is 0 Å². The Morgan fingerprint density at radius 3 is 2.26 bits per heavy atom. The van der Waals surface area contributed by atoms with Crippen molar-refractivity contribution < 1.29 is 9.53 Å². The number of cyclic esters (lactones) is 1. The molecule has 0 bridgehead atoms. The van der Waals surface area contributed by atoms with Gasteiger partial charge in [-0.1, -0.05) is 60.7 Å². The third kappa shape index (κ3) is 2.66. The highest BCUT2D eigenvalue weighted by atomic mass is 16.6. The Morgan fingerprint density at radius 1 is 0.947 bits per heavy atom. The van der Waals surface area contributed by atoms with Gasteiger partial charge < -0.3 is 4.74 Å². The Labute approximate surface area is 112 Å². The molecule has 3 rings (SSSR count). The lowest BCUT2D eigenvalue weighted by molar-refractivity contribution is -0.142. The third-order valence-corrected chi connectivity index (χ3v) is 3.26. The standard InChI is InChI=1S/C16H15NO2/c18-16-14(11-12-7-3-1-4-8-12)17-15(19-16)13-9-5-2-6-10-13/h1-10,14-15,17H,11H2. The van der Waals surface area contributed by atoms with Crippen LogP contribution in [0, 0.1) is 0 Å². The number of hydrogen-bond donors (Lipinski definition) is 1. The lowest BCUT2D eigenvalue weighted by Crippen LogP contribution is -2.30. The lowest BCUT2D eigenvalue weighted by Gasteiger charge is -2.10. The van der Waals surface area contributed by atoms with E-state index in [2.05, 4.69) is 5.32 Å². The van der Waals surface area contributed by atoms with E-state index >= 15 is 0 Å². The molecule has 3 heteroatoms. The molecule has 0 radical (unpaired) electrons. The van der Waals surface area contributed by atoms with Gasteiger partial charge >= 0.3 is 5.97 Å². The zero-order valence-electron chi connectivity index (χ0n) is 10.5. The van der Waals surface area contributed by atoms with Gasteiger partial charge in [0.2, 0.25) is 0 Å². The molecule has 1 N–H and O–H groups in total. The van der Waals surface area contributed by atoms with E-state index in [4.69, 9.17) is 4.74 Å². The minimum absolute atomic E-state index is 0.183. The first kappa shape index (κ1) is 11.9. The molecule has 2 aromatic rings. The summed E-state index contributed by atoms with van der Waals surface area (Å²) in [5.74, 6) is -0.183. The largest absolute Gasteiger partial charge is 0.441 e. The van der Waals surface area contributed by atoms with Crippen molar-refractivity contribution in [3.05, 3.63) is 71.8 Å². The molecule has 2 atom stereocenters. The summed E-state index contributed by atoms with van der Waals surface area (Å²) in [7, 11) is 0. The summed E-state index contributed by atoms with van der Waals surface area (Å²) >= 11 is 0.